The topological polar surface area (TPSA) is 42.0 Å². The number of nitrogens with zero attached hydrogens (tertiary/aromatic N) is 2. The molecule has 0 aliphatic carbocycles. The van der Waals surface area contributed by atoms with Crippen LogP contribution in [0.5, 0.6) is 5.75 Å². The van der Waals surface area contributed by atoms with Gasteiger partial charge in [0.25, 0.3) is 0 Å². The number of benzene rings is 2. The van der Waals surface area contributed by atoms with Gasteiger partial charge in [0.05, 0.1) is 15.5 Å². The Morgan fingerprint density at radius 3 is 2.58 bits per heavy atom. The molecule has 0 bridgehead atoms. The average Bonchev–Trinajstić information content (AvgIpc) is 3.05. The number of methoxy groups -OCH3 is 1. The Morgan fingerprint density at radius 2 is 1.97 bits per heavy atom. The van der Waals surface area contributed by atoms with E-state index in [1.807, 2.05) is 37.4 Å². The van der Waals surface area contributed by atoms with Crippen molar-refractivity contribution >= 4 is 53.1 Å². The minimum Gasteiger partial charge on any atom is -0.461 e. The minimum atomic E-state index is -0.943. The van der Waals surface area contributed by atoms with Crippen LogP contribution in [-0.2, 0) is 9.53 Å². The van der Waals surface area contributed by atoms with Crippen LogP contribution in [0.4, 0.5) is 15.8 Å². The van der Waals surface area contributed by atoms with Gasteiger partial charge in [0.15, 0.2) is 12.1 Å². The summed E-state index contributed by atoms with van der Waals surface area (Å²) < 4.78 is 25.7. The number of likely N-dealkylation sites (N-methyl/N-ethyl adjacent to an activating group) is 1. The van der Waals surface area contributed by atoms with Crippen LogP contribution in [0.3, 0.4) is 0 Å². The third-order valence-corrected chi connectivity index (χ3v) is 7.69. The van der Waals surface area contributed by atoms with E-state index in [9.17, 15) is 9.18 Å². The second-order valence-corrected chi connectivity index (χ2v) is 10.5. The van der Waals surface area contributed by atoms with Gasteiger partial charge in [0.2, 0.25) is 0 Å². The summed E-state index contributed by atoms with van der Waals surface area (Å²) in [6.45, 7) is 3.63. The molecule has 36 heavy (non-hydrogen) atoms. The number of ether oxygens (including phenoxy) is 2. The Kier molecular flexibility index (Phi) is 14.1. The highest BCUT2D eigenvalue weighted by molar-refractivity contribution is 8.01. The standard InChI is InChI=1S/C24H27FN2O2S3.C3H8O/c1-26-20(11-7-8-12-30-2)15-27(19-9-5-4-6-10-19)21-13-24(31-3)22(14-23(21)32-26)29-17-18(25)16-28;1-3-4-2/h4-6,8-10,12-14,16-17,20H,7,11,15H2,1-3H3;3H2,1-2H3/b12-8+,18-17-;. The lowest BCUT2D eigenvalue weighted by atomic mass is 10.1. The van der Waals surface area contributed by atoms with Crippen molar-refractivity contribution in [3.63, 3.8) is 0 Å². The third-order valence-electron chi connectivity index (χ3n) is 5.35. The number of carbonyl (C=O) groups excluding carboxylic acids is 1. The highest BCUT2D eigenvalue weighted by Gasteiger charge is 2.28. The second kappa shape index (κ2) is 16.8. The lowest BCUT2D eigenvalue weighted by Gasteiger charge is -2.30. The maximum atomic E-state index is 13.4. The summed E-state index contributed by atoms with van der Waals surface area (Å²) in [7, 11) is 3.79. The molecular formula is C27H35FN2O3S3. The summed E-state index contributed by atoms with van der Waals surface area (Å²) in [5.74, 6) is -0.412. The van der Waals surface area contributed by atoms with Gasteiger partial charge >= 0.3 is 0 Å². The molecule has 1 aliphatic heterocycles. The summed E-state index contributed by atoms with van der Waals surface area (Å²) in [5.41, 5.74) is 2.22. The van der Waals surface area contributed by atoms with Crippen LogP contribution in [0, 0.1) is 0 Å². The smallest absolute Gasteiger partial charge is 0.197 e. The third kappa shape index (κ3) is 9.19. The molecule has 2 aromatic carbocycles. The summed E-state index contributed by atoms with van der Waals surface area (Å²) in [5, 5.41) is 2.13. The summed E-state index contributed by atoms with van der Waals surface area (Å²) in [6, 6.07) is 14.7. The summed E-state index contributed by atoms with van der Waals surface area (Å²) in [4.78, 5) is 14.9. The maximum Gasteiger partial charge on any atom is 0.197 e. The van der Waals surface area contributed by atoms with Gasteiger partial charge in [-0.1, -0.05) is 24.3 Å². The molecule has 0 amide bonds. The van der Waals surface area contributed by atoms with Gasteiger partial charge in [-0.05, 0) is 80.9 Å². The molecular weight excluding hydrogens is 516 g/mol. The van der Waals surface area contributed by atoms with Crippen LogP contribution < -0.4 is 9.64 Å². The Bertz CT molecular complexity index is 1000. The zero-order chi connectivity index (χ0) is 26.3. The van der Waals surface area contributed by atoms with Crippen LogP contribution in [0.2, 0.25) is 0 Å². The quantitative estimate of drug-likeness (QED) is 0.0987. The highest BCUT2D eigenvalue weighted by atomic mass is 32.2. The van der Waals surface area contributed by atoms with Gasteiger partial charge in [-0.25, -0.2) is 4.31 Å². The van der Waals surface area contributed by atoms with Gasteiger partial charge in [-0.2, -0.15) is 4.39 Å². The number of fused-ring (bicyclic) bond motifs is 1. The Hall–Kier alpha value is -1.91. The minimum absolute atomic E-state index is 0.137. The van der Waals surface area contributed by atoms with Crippen molar-refractivity contribution in [3.05, 3.63) is 66.0 Å². The molecule has 0 fully saturated rings. The van der Waals surface area contributed by atoms with E-state index in [0.29, 0.717) is 11.8 Å². The molecule has 1 atom stereocenters. The van der Waals surface area contributed by atoms with E-state index >= 15 is 0 Å². The molecule has 1 unspecified atom stereocenters. The number of para-hydroxylation sites is 1. The van der Waals surface area contributed by atoms with Crippen molar-refractivity contribution in [3.8, 4) is 5.75 Å². The van der Waals surface area contributed by atoms with E-state index < -0.39 is 5.83 Å². The first kappa shape index (κ1) is 30.3. The molecule has 3 rings (SSSR count). The first-order valence-corrected chi connectivity index (χ1v) is 14.9. The summed E-state index contributed by atoms with van der Waals surface area (Å²) >= 11 is 4.91. The zero-order valence-electron chi connectivity index (χ0n) is 21.5. The molecule has 196 valence electrons. The van der Waals surface area contributed by atoms with Crippen molar-refractivity contribution < 1.29 is 18.7 Å². The number of thioether (sulfide) groups is 2. The van der Waals surface area contributed by atoms with Crippen LogP contribution in [-0.4, -0.2) is 56.5 Å². The average molecular weight is 551 g/mol. The molecule has 0 N–H and O–H groups in total. The van der Waals surface area contributed by atoms with E-state index in [1.165, 1.54) is 11.8 Å². The van der Waals surface area contributed by atoms with Crippen LogP contribution in [0.15, 0.2) is 75.8 Å². The van der Waals surface area contributed by atoms with E-state index in [-0.39, 0.29) is 6.29 Å². The van der Waals surface area contributed by atoms with Gasteiger partial charge in [0, 0.05) is 32.0 Å². The number of rotatable bonds is 10. The van der Waals surface area contributed by atoms with Gasteiger partial charge < -0.3 is 14.4 Å². The Labute approximate surface area is 227 Å². The molecule has 0 saturated carbocycles. The van der Waals surface area contributed by atoms with Crippen molar-refractivity contribution in [2.75, 3.05) is 44.7 Å². The fourth-order valence-electron chi connectivity index (χ4n) is 3.45. The second-order valence-electron chi connectivity index (χ2n) is 7.71. The zero-order valence-corrected chi connectivity index (χ0v) is 23.9. The maximum absolute atomic E-state index is 13.4. The van der Waals surface area contributed by atoms with Gasteiger partial charge in [-0.15, -0.1) is 23.5 Å². The molecule has 1 aliphatic rings. The molecule has 0 aromatic heterocycles. The molecule has 0 radical (unpaired) electrons. The largest absolute Gasteiger partial charge is 0.461 e. The Balaban J connectivity index is 0.00000106. The highest BCUT2D eigenvalue weighted by Crippen LogP contribution is 2.45. The lowest BCUT2D eigenvalue weighted by Crippen LogP contribution is -2.35. The predicted molar refractivity (Wildman–Crippen MR) is 154 cm³/mol. The fraction of sp³-hybridized carbons (Fsp3) is 0.370. The predicted octanol–water partition coefficient (Wildman–Crippen LogP) is 7.57. The van der Waals surface area contributed by atoms with E-state index in [1.54, 1.807) is 30.8 Å². The van der Waals surface area contributed by atoms with Crippen molar-refractivity contribution in [1.82, 2.24) is 4.31 Å². The van der Waals surface area contributed by atoms with Crippen molar-refractivity contribution in [2.24, 2.45) is 0 Å². The Morgan fingerprint density at radius 1 is 1.25 bits per heavy atom. The van der Waals surface area contributed by atoms with Gasteiger partial charge in [-0.3, -0.25) is 4.79 Å². The number of carbonyl (C=O) groups is 1. The van der Waals surface area contributed by atoms with E-state index in [4.69, 9.17) is 4.74 Å². The first-order chi connectivity index (χ1) is 17.5. The SMILES string of the molecule is CCOC.CS/C=C/CCC1CN(c2ccccc2)c2cc(SC)c(O/C=C(\F)C=O)cc2SN1C. The van der Waals surface area contributed by atoms with Crippen LogP contribution in [0.25, 0.3) is 0 Å². The monoisotopic (exact) mass is 550 g/mol. The number of hydrogen-bond donors (Lipinski definition) is 0. The summed E-state index contributed by atoms with van der Waals surface area (Å²) in [6.07, 6.45) is 9.28. The van der Waals surface area contributed by atoms with Crippen molar-refractivity contribution in [2.45, 2.75) is 35.6 Å². The number of aldehydes is 1. The van der Waals surface area contributed by atoms with Crippen LogP contribution >= 0.6 is 35.5 Å². The number of allylic oxidation sites excluding steroid dienone is 2. The number of hydrogen-bond acceptors (Lipinski definition) is 8. The molecule has 0 saturated heterocycles. The molecule has 1 heterocycles. The number of anilines is 2. The molecule has 9 heteroatoms. The number of halogens is 1. The van der Waals surface area contributed by atoms with Crippen LogP contribution in [0.1, 0.15) is 19.8 Å². The lowest BCUT2D eigenvalue weighted by molar-refractivity contribution is -0.106. The molecule has 0 spiro atoms. The molecule has 5 nitrogen and oxygen atoms in total. The van der Waals surface area contributed by atoms with Crippen molar-refractivity contribution in [1.29, 1.82) is 0 Å². The fourth-order valence-corrected chi connectivity index (χ4v) is 5.37. The molecule has 2 aromatic rings. The van der Waals surface area contributed by atoms with Gasteiger partial charge in [0.1, 0.15) is 12.0 Å². The van der Waals surface area contributed by atoms with E-state index in [0.717, 1.165) is 53.4 Å². The first-order valence-electron chi connectivity index (χ1n) is 11.6. The normalized spacial score (nSPS) is 16.2. The van der Waals surface area contributed by atoms with E-state index in [2.05, 4.69) is 56.9 Å².